The standard InChI is InChI=1S/C35H37FN6O6/c1-35(2,46)10-8-22-16-25(34(44)45)18-28-32(22)39-30(42(28)19-26-9-15-47-26)20-40-11-13-41(14-12-40)29-4-3-5-31(38-29)48-21-24-7-6-23(33(37)43)17-27(24)36/h3-7,16-18,26,46H,9,11-15,19-21H2,1-2H3,(H2,37,43)(H,44,45)/t26-/m0/s1. The van der Waals surface area contributed by atoms with E-state index in [0.717, 1.165) is 37.2 Å². The van der Waals surface area contributed by atoms with Gasteiger partial charge in [0, 0.05) is 50.0 Å². The topological polar surface area (TPSA) is 156 Å². The van der Waals surface area contributed by atoms with Gasteiger partial charge in [-0.1, -0.05) is 24.0 Å². The first-order valence-corrected chi connectivity index (χ1v) is 15.7. The third-order valence-electron chi connectivity index (χ3n) is 8.35. The molecule has 2 fully saturated rings. The van der Waals surface area contributed by atoms with E-state index in [-0.39, 0.29) is 29.4 Å². The Bertz CT molecular complexity index is 1910. The van der Waals surface area contributed by atoms with Crippen molar-refractivity contribution in [2.75, 3.05) is 37.7 Å². The van der Waals surface area contributed by atoms with Gasteiger partial charge < -0.3 is 34.9 Å². The van der Waals surface area contributed by atoms with E-state index in [4.69, 9.17) is 20.2 Å². The molecule has 48 heavy (non-hydrogen) atoms. The molecule has 4 heterocycles. The largest absolute Gasteiger partial charge is 0.478 e. The third-order valence-corrected chi connectivity index (χ3v) is 8.35. The third kappa shape index (κ3) is 7.57. The molecule has 13 heteroatoms. The Kier molecular flexibility index (Phi) is 9.32. The number of carboxylic acids is 1. The van der Waals surface area contributed by atoms with Crippen molar-refractivity contribution in [2.24, 2.45) is 5.73 Å². The van der Waals surface area contributed by atoms with Crippen molar-refractivity contribution >= 4 is 28.7 Å². The summed E-state index contributed by atoms with van der Waals surface area (Å²) in [6.45, 7) is 7.69. The smallest absolute Gasteiger partial charge is 0.335 e. The van der Waals surface area contributed by atoms with Crippen LogP contribution in [-0.4, -0.2) is 86.0 Å². The summed E-state index contributed by atoms with van der Waals surface area (Å²) >= 11 is 0. The predicted octanol–water partition coefficient (Wildman–Crippen LogP) is 3.18. The average Bonchev–Trinajstić information content (AvgIpc) is 3.37. The molecular weight excluding hydrogens is 619 g/mol. The van der Waals surface area contributed by atoms with Crippen molar-refractivity contribution < 1.29 is 33.7 Å². The number of piperazine rings is 1. The van der Waals surface area contributed by atoms with E-state index in [0.29, 0.717) is 55.3 Å². The molecule has 0 unspecified atom stereocenters. The van der Waals surface area contributed by atoms with Crippen LogP contribution < -0.4 is 15.4 Å². The first kappa shape index (κ1) is 32.9. The van der Waals surface area contributed by atoms with Crippen LogP contribution in [0, 0.1) is 17.7 Å². The highest BCUT2D eigenvalue weighted by atomic mass is 19.1. The van der Waals surface area contributed by atoms with Gasteiger partial charge in [-0.25, -0.2) is 14.2 Å². The van der Waals surface area contributed by atoms with Crippen LogP contribution in [0.15, 0.2) is 48.5 Å². The Morgan fingerprint density at radius 2 is 1.88 bits per heavy atom. The molecule has 4 N–H and O–H groups in total. The number of benzene rings is 2. The molecule has 2 saturated heterocycles. The molecule has 250 valence electrons. The lowest BCUT2D eigenvalue weighted by molar-refractivity contribution is -0.0592. The monoisotopic (exact) mass is 656 g/mol. The number of nitrogens with two attached hydrogens (primary N) is 1. The normalized spacial score (nSPS) is 16.7. The van der Waals surface area contributed by atoms with E-state index < -0.39 is 23.3 Å². The SMILES string of the molecule is CC(C)(O)C#Cc1cc(C(=O)O)cc2c1nc(CN1CCN(c3cccc(OCc4ccc(C(N)=O)cc4F)n3)CC1)n2C[C@@H]1CCO1. The van der Waals surface area contributed by atoms with E-state index in [9.17, 15) is 24.2 Å². The van der Waals surface area contributed by atoms with Gasteiger partial charge in [-0.05, 0) is 50.6 Å². The number of fused-ring (bicyclic) bond motifs is 1. The lowest BCUT2D eigenvalue weighted by Gasteiger charge is -2.35. The second-order valence-electron chi connectivity index (χ2n) is 12.5. The van der Waals surface area contributed by atoms with Crippen LogP contribution in [0.3, 0.4) is 0 Å². The summed E-state index contributed by atoms with van der Waals surface area (Å²) < 4.78 is 28.0. The number of hydrogen-bond acceptors (Lipinski definition) is 9. The summed E-state index contributed by atoms with van der Waals surface area (Å²) in [7, 11) is 0. The van der Waals surface area contributed by atoms with Gasteiger partial charge in [0.15, 0.2) is 0 Å². The number of amides is 1. The summed E-state index contributed by atoms with van der Waals surface area (Å²) in [5, 5.41) is 20.1. The Morgan fingerprint density at radius 3 is 2.52 bits per heavy atom. The van der Waals surface area contributed by atoms with Crippen LogP contribution in [0.2, 0.25) is 0 Å². The van der Waals surface area contributed by atoms with Crippen molar-refractivity contribution in [3.05, 3.63) is 82.4 Å². The maximum absolute atomic E-state index is 14.4. The molecule has 0 radical (unpaired) electrons. The van der Waals surface area contributed by atoms with E-state index in [1.54, 1.807) is 26.0 Å². The minimum Gasteiger partial charge on any atom is -0.478 e. The lowest BCUT2D eigenvalue weighted by atomic mass is 10.1. The number of anilines is 1. The van der Waals surface area contributed by atoms with Crippen LogP contribution in [0.5, 0.6) is 5.88 Å². The van der Waals surface area contributed by atoms with Gasteiger partial charge in [-0.3, -0.25) is 9.69 Å². The van der Waals surface area contributed by atoms with Gasteiger partial charge >= 0.3 is 5.97 Å². The number of rotatable bonds is 10. The number of hydrogen-bond donors (Lipinski definition) is 3. The number of pyridine rings is 1. The number of ether oxygens (including phenoxy) is 2. The van der Waals surface area contributed by atoms with Gasteiger partial charge in [0.1, 0.15) is 35.2 Å². The minimum absolute atomic E-state index is 0.0176. The van der Waals surface area contributed by atoms with E-state index in [2.05, 4.69) is 26.6 Å². The predicted molar refractivity (Wildman–Crippen MR) is 175 cm³/mol. The maximum atomic E-state index is 14.4. The second kappa shape index (κ2) is 13.6. The molecule has 0 saturated carbocycles. The molecule has 2 aliphatic heterocycles. The van der Waals surface area contributed by atoms with Gasteiger partial charge in [-0.15, -0.1) is 0 Å². The number of aliphatic hydroxyl groups is 1. The number of halogens is 1. The van der Waals surface area contributed by atoms with E-state index >= 15 is 0 Å². The molecule has 0 bridgehead atoms. The van der Waals surface area contributed by atoms with Crippen LogP contribution in [-0.2, 0) is 24.4 Å². The fourth-order valence-corrected chi connectivity index (χ4v) is 5.63. The van der Waals surface area contributed by atoms with Crippen molar-refractivity contribution in [3.63, 3.8) is 0 Å². The number of carbonyl (C=O) groups excluding carboxylic acids is 1. The van der Waals surface area contributed by atoms with Crippen molar-refractivity contribution in [1.82, 2.24) is 19.4 Å². The molecule has 2 aromatic heterocycles. The summed E-state index contributed by atoms with van der Waals surface area (Å²) in [5.74, 6) is 5.29. The van der Waals surface area contributed by atoms with Gasteiger partial charge in [0.25, 0.3) is 0 Å². The second-order valence-corrected chi connectivity index (χ2v) is 12.5. The molecular formula is C35H37FN6O6. The average molecular weight is 657 g/mol. The highest BCUT2D eigenvalue weighted by Gasteiger charge is 2.26. The first-order chi connectivity index (χ1) is 22.9. The minimum atomic E-state index is -1.26. The van der Waals surface area contributed by atoms with Crippen LogP contribution in [0.4, 0.5) is 10.2 Å². The number of aromatic nitrogens is 3. The van der Waals surface area contributed by atoms with E-state index in [1.165, 1.54) is 18.2 Å². The fraction of sp³-hybridized carbons (Fsp3) is 0.371. The number of nitrogens with zero attached hydrogens (tertiary/aromatic N) is 5. The number of carboxylic acid groups (broad SMARTS) is 1. The Balaban J connectivity index is 1.17. The molecule has 2 aliphatic rings. The fourth-order valence-electron chi connectivity index (χ4n) is 5.63. The number of aromatic carboxylic acids is 1. The van der Waals surface area contributed by atoms with Crippen molar-refractivity contribution in [3.8, 4) is 17.7 Å². The molecule has 12 nitrogen and oxygen atoms in total. The zero-order chi connectivity index (χ0) is 34.0. The zero-order valence-corrected chi connectivity index (χ0v) is 26.8. The molecule has 1 amide bonds. The number of imidazole rings is 1. The van der Waals surface area contributed by atoms with Crippen molar-refractivity contribution in [2.45, 2.75) is 51.7 Å². The van der Waals surface area contributed by atoms with Gasteiger partial charge in [-0.2, -0.15) is 4.98 Å². The Morgan fingerprint density at radius 1 is 1.10 bits per heavy atom. The molecule has 6 rings (SSSR count). The van der Waals surface area contributed by atoms with Crippen LogP contribution >= 0.6 is 0 Å². The highest BCUT2D eigenvalue weighted by molar-refractivity contribution is 5.95. The number of primary amides is 1. The zero-order valence-electron chi connectivity index (χ0n) is 26.8. The summed E-state index contributed by atoms with van der Waals surface area (Å²) in [5.41, 5.74) is 6.16. The summed E-state index contributed by atoms with van der Waals surface area (Å²) in [6, 6.07) is 12.6. The van der Waals surface area contributed by atoms with Crippen LogP contribution in [0.25, 0.3) is 11.0 Å². The summed E-state index contributed by atoms with van der Waals surface area (Å²) in [4.78, 5) is 37.4. The van der Waals surface area contributed by atoms with Gasteiger partial charge in [0.2, 0.25) is 11.8 Å². The lowest BCUT2D eigenvalue weighted by Crippen LogP contribution is -2.46. The Hall–Kier alpha value is -5.03. The molecule has 2 aromatic carbocycles. The molecule has 0 spiro atoms. The highest BCUT2D eigenvalue weighted by Crippen LogP contribution is 2.27. The first-order valence-electron chi connectivity index (χ1n) is 15.7. The maximum Gasteiger partial charge on any atom is 0.335 e. The number of carbonyl (C=O) groups is 2. The quantitative estimate of drug-likeness (QED) is 0.217. The van der Waals surface area contributed by atoms with Crippen LogP contribution in [0.1, 0.15) is 57.9 Å². The molecule has 0 aliphatic carbocycles. The van der Waals surface area contributed by atoms with Crippen molar-refractivity contribution in [1.29, 1.82) is 0 Å². The van der Waals surface area contributed by atoms with E-state index in [1.807, 2.05) is 16.7 Å². The summed E-state index contributed by atoms with van der Waals surface area (Å²) in [6.07, 6.45) is 0.928. The Labute approximate surface area is 276 Å². The molecule has 4 aromatic rings. The van der Waals surface area contributed by atoms with Gasteiger partial charge in [0.05, 0.1) is 35.8 Å². The molecule has 1 atom stereocenters.